The minimum absolute atomic E-state index is 0.168. The number of methoxy groups -OCH3 is 1. The van der Waals surface area contributed by atoms with E-state index >= 15 is 0 Å². The van der Waals surface area contributed by atoms with Crippen molar-refractivity contribution >= 4 is 11.7 Å². The maximum absolute atomic E-state index is 12.1. The van der Waals surface area contributed by atoms with Gasteiger partial charge < -0.3 is 9.64 Å². The minimum atomic E-state index is -0.217. The Morgan fingerprint density at radius 1 is 1.10 bits per heavy atom. The van der Waals surface area contributed by atoms with Crippen LogP contribution >= 0.6 is 0 Å². The van der Waals surface area contributed by atoms with Crippen LogP contribution in [0.3, 0.4) is 0 Å². The molecule has 0 aliphatic carbocycles. The van der Waals surface area contributed by atoms with E-state index in [1.54, 1.807) is 0 Å². The van der Waals surface area contributed by atoms with E-state index in [-0.39, 0.29) is 11.9 Å². The fraction of sp³-hybridized carbons (Fsp3) is 0.235. The van der Waals surface area contributed by atoms with Crippen LogP contribution in [0.4, 0.5) is 5.69 Å². The number of esters is 1. The molecule has 0 aromatic heterocycles. The third kappa shape index (κ3) is 2.27. The molecule has 1 unspecified atom stereocenters. The smallest absolute Gasteiger partial charge is 0.314 e. The zero-order chi connectivity index (χ0) is 13.9. The first-order valence-corrected chi connectivity index (χ1v) is 6.75. The standard InChI is InChI=1S/C17H17NO2/c1-20-17(19)16-12-18(14-8-3-2-4-9-14)11-13-7-5-6-10-15(13)16/h2-10,16H,11-12H2,1H3. The van der Waals surface area contributed by atoms with Crippen molar-refractivity contribution in [1.82, 2.24) is 0 Å². The number of hydrogen-bond donors (Lipinski definition) is 0. The molecule has 1 atom stereocenters. The lowest BCUT2D eigenvalue weighted by Gasteiger charge is -2.34. The maximum Gasteiger partial charge on any atom is 0.314 e. The van der Waals surface area contributed by atoms with Crippen LogP contribution in [0.2, 0.25) is 0 Å². The Morgan fingerprint density at radius 3 is 2.55 bits per heavy atom. The van der Waals surface area contributed by atoms with Gasteiger partial charge in [0.2, 0.25) is 0 Å². The molecule has 2 aromatic rings. The summed E-state index contributed by atoms with van der Waals surface area (Å²) in [6, 6.07) is 18.3. The zero-order valence-electron chi connectivity index (χ0n) is 11.5. The van der Waals surface area contributed by atoms with E-state index in [1.807, 2.05) is 36.4 Å². The Hall–Kier alpha value is -2.29. The summed E-state index contributed by atoms with van der Waals surface area (Å²) >= 11 is 0. The zero-order valence-corrected chi connectivity index (χ0v) is 11.5. The van der Waals surface area contributed by atoms with Gasteiger partial charge in [-0.25, -0.2) is 0 Å². The molecule has 0 bridgehead atoms. The van der Waals surface area contributed by atoms with Crippen LogP contribution in [0.15, 0.2) is 54.6 Å². The van der Waals surface area contributed by atoms with Gasteiger partial charge in [0.05, 0.1) is 13.0 Å². The van der Waals surface area contributed by atoms with E-state index in [9.17, 15) is 4.79 Å². The number of nitrogens with zero attached hydrogens (tertiary/aromatic N) is 1. The van der Waals surface area contributed by atoms with E-state index < -0.39 is 0 Å². The van der Waals surface area contributed by atoms with Crippen LogP contribution in [0, 0.1) is 0 Å². The first-order chi connectivity index (χ1) is 9.79. The predicted octanol–water partition coefficient (Wildman–Crippen LogP) is 2.96. The molecule has 102 valence electrons. The summed E-state index contributed by atoms with van der Waals surface area (Å²) in [6.45, 7) is 1.49. The molecule has 3 heteroatoms. The number of ether oxygens (including phenoxy) is 1. The molecule has 20 heavy (non-hydrogen) atoms. The molecular weight excluding hydrogens is 250 g/mol. The van der Waals surface area contributed by atoms with E-state index in [2.05, 4.69) is 23.1 Å². The summed E-state index contributed by atoms with van der Waals surface area (Å²) in [6.07, 6.45) is 0. The monoisotopic (exact) mass is 267 g/mol. The van der Waals surface area contributed by atoms with Gasteiger partial charge in [-0.3, -0.25) is 4.79 Å². The number of rotatable bonds is 2. The highest BCUT2D eigenvalue weighted by molar-refractivity contribution is 5.80. The Morgan fingerprint density at radius 2 is 1.80 bits per heavy atom. The second-order valence-corrected chi connectivity index (χ2v) is 4.99. The predicted molar refractivity (Wildman–Crippen MR) is 78.7 cm³/mol. The number of carbonyl (C=O) groups excluding carboxylic acids is 1. The molecular formula is C17H17NO2. The fourth-order valence-corrected chi connectivity index (χ4v) is 2.79. The lowest BCUT2D eigenvalue weighted by Crippen LogP contribution is -2.37. The average molecular weight is 267 g/mol. The first-order valence-electron chi connectivity index (χ1n) is 6.75. The number of anilines is 1. The van der Waals surface area contributed by atoms with Gasteiger partial charge in [0.25, 0.3) is 0 Å². The second-order valence-electron chi connectivity index (χ2n) is 4.99. The molecule has 0 spiro atoms. The van der Waals surface area contributed by atoms with Gasteiger partial charge in [-0.1, -0.05) is 42.5 Å². The first kappa shape index (κ1) is 12.7. The molecule has 0 N–H and O–H groups in total. The highest BCUT2D eigenvalue weighted by atomic mass is 16.5. The highest BCUT2D eigenvalue weighted by Crippen LogP contribution is 2.31. The molecule has 3 nitrogen and oxygen atoms in total. The molecule has 0 amide bonds. The molecule has 1 aliphatic rings. The van der Waals surface area contributed by atoms with E-state index in [0.29, 0.717) is 6.54 Å². The van der Waals surface area contributed by atoms with Crippen molar-refractivity contribution in [1.29, 1.82) is 0 Å². The molecule has 0 saturated heterocycles. The summed E-state index contributed by atoms with van der Waals surface area (Å²) in [4.78, 5) is 14.3. The number of hydrogen-bond acceptors (Lipinski definition) is 3. The van der Waals surface area contributed by atoms with Gasteiger partial charge in [-0.05, 0) is 23.3 Å². The molecule has 0 saturated carbocycles. The van der Waals surface area contributed by atoms with Crippen molar-refractivity contribution in [3.63, 3.8) is 0 Å². The van der Waals surface area contributed by atoms with E-state index in [0.717, 1.165) is 17.8 Å². The topological polar surface area (TPSA) is 29.5 Å². The lowest BCUT2D eigenvalue weighted by atomic mass is 9.89. The number of para-hydroxylation sites is 1. The summed E-state index contributed by atoms with van der Waals surface area (Å²) in [5, 5.41) is 0. The largest absolute Gasteiger partial charge is 0.468 e. The fourth-order valence-electron chi connectivity index (χ4n) is 2.79. The van der Waals surface area contributed by atoms with Crippen molar-refractivity contribution in [2.45, 2.75) is 12.5 Å². The molecule has 1 aliphatic heterocycles. The molecule has 3 rings (SSSR count). The van der Waals surface area contributed by atoms with Gasteiger partial charge >= 0.3 is 5.97 Å². The summed E-state index contributed by atoms with van der Waals surface area (Å²) in [5.41, 5.74) is 3.42. The Labute approximate surface area is 118 Å². The third-order valence-corrected chi connectivity index (χ3v) is 3.80. The summed E-state index contributed by atoms with van der Waals surface area (Å²) in [7, 11) is 1.45. The molecule has 0 fully saturated rings. The van der Waals surface area contributed by atoms with Crippen LogP contribution in [-0.2, 0) is 16.1 Å². The average Bonchev–Trinajstić information content (AvgIpc) is 2.54. The SMILES string of the molecule is COC(=O)C1CN(c2ccccc2)Cc2ccccc21. The summed E-state index contributed by atoms with van der Waals surface area (Å²) < 4.78 is 4.97. The quantitative estimate of drug-likeness (QED) is 0.783. The Kier molecular flexibility index (Phi) is 3.42. The van der Waals surface area contributed by atoms with Crippen LogP contribution < -0.4 is 4.90 Å². The van der Waals surface area contributed by atoms with Gasteiger partial charge in [0.1, 0.15) is 0 Å². The third-order valence-electron chi connectivity index (χ3n) is 3.80. The number of fused-ring (bicyclic) bond motifs is 1. The number of benzene rings is 2. The van der Waals surface area contributed by atoms with Crippen molar-refractivity contribution in [2.24, 2.45) is 0 Å². The highest BCUT2D eigenvalue weighted by Gasteiger charge is 2.31. The van der Waals surface area contributed by atoms with Gasteiger partial charge in [0.15, 0.2) is 0 Å². The van der Waals surface area contributed by atoms with Crippen molar-refractivity contribution in [3.05, 3.63) is 65.7 Å². The minimum Gasteiger partial charge on any atom is -0.468 e. The normalized spacial score (nSPS) is 17.4. The van der Waals surface area contributed by atoms with Crippen molar-refractivity contribution in [2.75, 3.05) is 18.6 Å². The van der Waals surface area contributed by atoms with Crippen LogP contribution in [0.5, 0.6) is 0 Å². The molecule has 0 radical (unpaired) electrons. The van der Waals surface area contributed by atoms with Gasteiger partial charge in [-0.15, -0.1) is 0 Å². The molecule has 2 aromatic carbocycles. The van der Waals surface area contributed by atoms with E-state index in [4.69, 9.17) is 4.74 Å². The van der Waals surface area contributed by atoms with Crippen LogP contribution in [0.1, 0.15) is 17.0 Å². The second kappa shape index (κ2) is 5.37. The van der Waals surface area contributed by atoms with E-state index in [1.165, 1.54) is 12.7 Å². The Balaban J connectivity index is 1.98. The Bertz CT molecular complexity index is 609. The molecule has 1 heterocycles. The summed E-state index contributed by atoms with van der Waals surface area (Å²) in [5.74, 6) is -0.386. The lowest BCUT2D eigenvalue weighted by molar-refractivity contribution is -0.142. The van der Waals surface area contributed by atoms with Crippen molar-refractivity contribution < 1.29 is 9.53 Å². The van der Waals surface area contributed by atoms with Gasteiger partial charge in [0, 0.05) is 18.8 Å². The van der Waals surface area contributed by atoms with Crippen LogP contribution in [0.25, 0.3) is 0 Å². The van der Waals surface area contributed by atoms with Gasteiger partial charge in [-0.2, -0.15) is 0 Å². The van der Waals surface area contributed by atoms with Crippen LogP contribution in [-0.4, -0.2) is 19.6 Å². The van der Waals surface area contributed by atoms with Crippen molar-refractivity contribution in [3.8, 4) is 0 Å². The maximum atomic E-state index is 12.1. The number of carbonyl (C=O) groups is 1.